The van der Waals surface area contributed by atoms with Crippen molar-refractivity contribution >= 4 is 63.5 Å². The molecule has 0 saturated carbocycles. The Bertz CT molecular complexity index is 1180. The first-order valence-electron chi connectivity index (χ1n) is 9.32. The third-order valence-electron chi connectivity index (χ3n) is 4.74. The van der Waals surface area contributed by atoms with E-state index < -0.39 is 29.2 Å². The number of fused-ring (bicyclic) bond motifs is 1. The zero-order valence-corrected chi connectivity index (χ0v) is 19.7. The summed E-state index contributed by atoms with van der Waals surface area (Å²) in [6, 6.07) is -0.914. The Labute approximate surface area is 199 Å². The Morgan fingerprint density at radius 3 is 2.88 bits per heavy atom. The quantitative estimate of drug-likeness (QED) is 0.184. The van der Waals surface area contributed by atoms with Gasteiger partial charge in [0, 0.05) is 23.9 Å². The van der Waals surface area contributed by atoms with Gasteiger partial charge in [0.25, 0.3) is 11.8 Å². The number of nitrogen functional groups attached to an aromatic ring is 1. The van der Waals surface area contributed by atoms with E-state index in [2.05, 4.69) is 25.7 Å². The summed E-state index contributed by atoms with van der Waals surface area (Å²) in [4.78, 5) is 47.6. The molecule has 2 atom stereocenters. The number of rotatable bonds is 8. The fourth-order valence-corrected chi connectivity index (χ4v) is 6.17. The van der Waals surface area contributed by atoms with Crippen molar-refractivity contribution in [2.75, 3.05) is 24.3 Å². The molecule has 4 rings (SSSR count). The molecule has 2 aromatic rings. The van der Waals surface area contributed by atoms with Crippen molar-refractivity contribution in [1.82, 2.24) is 30.0 Å². The van der Waals surface area contributed by atoms with Crippen molar-refractivity contribution in [3.05, 3.63) is 28.7 Å². The van der Waals surface area contributed by atoms with Gasteiger partial charge in [-0.25, -0.2) is 9.78 Å². The number of hydrogen-bond acceptors (Lipinski definition) is 12. The van der Waals surface area contributed by atoms with Crippen LogP contribution in [0.2, 0.25) is 0 Å². The number of carboxylic acids is 1. The third kappa shape index (κ3) is 4.40. The molecule has 2 aromatic heterocycles. The summed E-state index contributed by atoms with van der Waals surface area (Å²) in [5, 5.41) is 25.7. The molecule has 0 radical (unpaired) electrons. The van der Waals surface area contributed by atoms with Gasteiger partial charge in [0.1, 0.15) is 36.2 Å². The number of oxime groups is 1. The summed E-state index contributed by atoms with van der Waals surface area (Å²) in [5.74, 6) is -1.68. The number of nitrogens with zero attached hydrogens (tertiary/aromatic N) is 6. The van der Waals surface area contributed by atoms with Crippen LogP contribution in [0.15, 0.2) is 33.3 Å². The standard InChI is InChI=1S/C17H18N8O5S3/c1-24-6-19-22-17(24)33-4-7-3-31-14-10(13(27)25(14)11(7)15(28)29)21-12(26)9(23-30-2)8-5-32-16(18)20-8/h5-6,10,14H,3-4H2,1-2H3,(H2,18,20)(H,21,26)(H,28,29)/b23-9+/t10?,14-/m1/s1. The lowest BCUT2D eigenvalue weighted by atomic mass is 10.0. The second-order valence-electron chi connectivity index (χ2n) is 6.82. The molecule has 0 bridgehead atoms. The number of nitrogens with one attached hydrogen (secondary N) is 1. The van der Waals surface area contributed by atoms with Crippen molar-refractivity contribution in [2.45, 2.75) is 16.6 Å². The highest BCUT2D eigenvalue weighted by Gasteiger charge is 2.54. The molecular weight excluding hydrogens is 492 g/mol. The van der Waals surface area contributed by atoms with Crippen LogP contribution < -0.4 is 11.1 Å². The number of aliphatic carboxylic acids is 1. The largest absolute Gasteiger partial charge is 0.477 e. The first-order valence-corrected chi connectivity index (χ1v) is 12.2. The number of amides is 2. The topological polar surface area (TPSA) is 178 Å². The van der Waals surface area contributed by atoms with E-state index in [4.69, 9.17) is 10.6 Å². The second-order valence-corrected chi connectivity index (χ2v) is 9.76. The van der Waals surface area contributed by atoms with E-state index in [9.17, 15) is 19.5 Å². The molecule has 174 valence electrons. The van der Waals surface area contributed by atoms with Crippen LogP contribution in [0.3, 0.4) is 0 Å². The molecule has 2 aliphatic rings. The number of thiazole rings is 1. The van der Waals surface area contributed by atoms with Crippen LogP contribution in [0.5, 0.6) is 0 Å². The van der Waals surface area contributed by atoms with Crippen LogP contribution >= 0.6 is 34.9 Å². The van der Waals surface area contributed by atoms with Gasteiger partial charge in [0.2, 0.25) is 0 Å². The van der Waals surface area contributed by atoms with Crippen LogP contribution in [0.4, 0.5) is 5.13 Å². The number of nitrogens with two attached hydrogens (primary N) is 1. The molecule has 13 nitrogen and oxygen atoms in total. The minimum Gasteiger partial charge on any atom is -0.477 e. The molecule has 1 unspecified atom stereocenters. The van der Waals surface area contributed by atoms with Gasteiger partial charge < -0.3 is 25.6 Å². The van der Waals surface area contributed by atoms with Gasteiger partial charge in [-0.2, -0.15) is 0 Å². The van der Waals surface area contributed by atoms with Crippen molar-refractivity contribution in [2.24, 2.45) is 12.2 Å². The van der Waals surface area contributed by atoms with Crippen LogP contribution in [0.1, 0.15) is 5.69 Å². The highest BCUT2D eigenvalue weighted by molar-refractivity contribution is 8.01. The second kappa shape index (κ2) is 9.40. The number of hydrogen-bond donors (Lipinski definition) is 3. The van der Waals surface area contributed by atoms with Crippen molar-refractivity contribution in [1.29, 1.82) is 0 Å². The van der Waals surface area contributed by atoms with E-state index in [1.165, 1.54) is 35.5 Å². The maximum absolute atomic E-state index is 12.9. The molecule has 2 aliphatic heterocycles. The van der Waals surface area contributed by atoms with Gasteiger partial charge in [-0.1, -0.05) is 16.9 Å². The molecule has 1 fully saturated rings. The Balaban J connectivity index is 1.49. The van der Waals surface area contributed by atoms with Gasteiger partial charge >= 0.3 is 5.97 Å². The number of thioether (sulfide) groups is 2. The van der Waals surface area contributed by atoms with Crippen LogP contribution in [0, 0.1) is 0 Å². The van der Waals surface area contributed by atoms with Crippen molar-refractivity contribution < 1.29 is 24.3 Å². The number of carbonyl (C=O) groups is 3. The van der Waals surface area contributed by atoms with Gasteiger partial charge in [0.05, 0.1) is 0 Å². The van der Waals surface area contributed by atoms with Crippen molar-refractivity contribution in [3.63, 3.8) is 0 Å². The van der Waals surface area contributed by atoms with E-state index in [1.807, 2.05) is 0 Å². The van der Waals surface area contributed by atoms with Gasteiger partial charge in [-0.05, 0) is 5.57 Å². The van der Waals surface area contributed by atoms with E-state index in [0.717, 1.165) is 11.3 Å². The number of carboxylic acid groups (broad SMARTS) is 1. The van der Waals surface area contributed by atoms with E-state index in [1.54, 1.807) is 23.3 Å². The average Bonchev–Trinajstić information content (AvgIpc) is 3.40. The maximum Gasteiger partial charge on any atom is 0.352 e. The Hall–Kier alpha value is -3.11. The maximum atomic E-state index is 12.9. The number of β-lactam (4-membered cyclic amide) rings is 1. The summed E-state index contributed by atoms with van der Waals surface area (Å²) < 4.78 is 1.72. The number of aromatic nitrogens is 4. The van der Waals surface area contributed by atoms with E-state index in [-0.39, 0.29) is 22.2 Å². The van der Waals surface area contributed by atoms with Crippen molar-refractivity contribution in [3.8, 4) is 0 Å². The third-order valence-corrected chi connectivity index (χ3v) is 7.88. The lowest BCUT2D eigenvalue weighted by Gasteiger charge is -2.49. The molecule has 4 heterocycles. The fraction of sp³-hybridized carbons (Fsp3) is 0.353. The molecule has 2 amide bonds. The molecule has 16 heteroatoms. The fourth-order valence-electron chi connectivity index (χ4n) is 3.25. The minimum absolute atomic E-state index is 0.0676. The molecule has 0 spiro atoms. The smallest absolute Gasteiger partial charge is 0.352 e. The van der Waals surface area contributed by atoms with Crippen LogP contribution in [-0.2, 0) is 26.3 Å². The summed E-state index contributed by atoms with van der Waals surface area (Å²) in [6.07, 6.45) is 1.55. The predicted octanol–water partition coefficient (Wildman–Crippen LogP) is -0.265. The van der Waals surface area contributed by atoms with Crippen LogP contribution in [-0.4, -0.2) is 83.3 Å². The first kappa shape index (κ1) is 23.1. The number of aryl methyl sites for hydroxylation is 1. The van der Waals surface area contributed by atoms with Gasteiger partial charge in [-0.15, -0.1) is 33.3 Å². The summed E-state index contributed by atoms with van der Waals surface area (Å²) in [7, 11) is 3.06. The average molecular weight is 511 g/mol. The zero-order chi connectivity index (χ0) is 23.7. The lowest BCUT2D eigenvalue weighted by Crippen LogP contribution is -2.71. The van der Waals surface area contributed by atoms with E-state index >= 15 is 0 Å². The van der Waals surface area contributed by atoms with Gasteiger partial charge in [0.15, 0.2) is 16.0 Å². The first-order chi connectivity index (χ1) is 15.8. The van der Waals surface area contributed by atoms with Crippen LogP contribution in [0.25, 0.3) is 0 Å². The van der Waals surface area contributed by atoms with E-state index in [0.29, 0.717) is 22.2 Å². The number of anilines is 1. The predicted molar refractivity (Wildman–Crippen MR) is 121 cm³/mol. The molecular formula is C17H18N8O5S3. The summed E-state index contributed by atoms with van der Waals surface area (Å²) >= 11 is 3.83. The normalized spacial score (nSPS) is 20.4. The Morgan fingerprint density at radius 2 is 2.27 bits per heavy atom. The summed E-state index contributed by atoms with van der Waals surface area (Å²) in [5.41, 5.74) is 6.23. The SMILES string of the molecule is CO/N=C(/C(=O)NC1C(=O)N2C(C(=O)O)=C(CSc3nncn3C)CS[C@H]12)c1csc(N)n1. The molecule has 33 heavy (non-hydrogen) atoms. The molecule has 1 saturated heterocycles. The molecule has 0 aliphatic carbocycles. The minimum atomic E-state index is -1.20. The Kier molecular flexibility index (Phi) is 6.57. The lowest BCUT2D eigenvalue weighted by molar-refractivity contribution is -0.150. The molecule has 4 N–H and O–H groups in total. The monoisotopic (exact) mass is 510 g/mol. The highest BCUT2D eigenvalue weighted by Crippen LogP contribution is 2.41. The molecule has 0 aromatic carbocycles. The highest BCUT2D eigenvalue weighted by atomic mass is 32.2. The Morgan fingerprint density at radius 1 is 1.48 bits per heavy atom. The number of carbonyl (C=O) groups excluding carboxylic acids is 2. The zero-order valence-electron chi connectivity index (χ0n) is 17.3. The summed E-state index contributed by atoms with van der Waals surface area (Å²) in [6.45, 7) is 0. The van der Waals surface area contributed by atoms with Gasteiger partial charge in [-0.3, -0.25) is 14.5 Å².